The van der Waals surface area contributed by atoms with Gasteiger partial charge in [-0.15, -0.1) is 0 Å². The summed E-state index contributed by atoms with van der Waals surface area (Å²) in [5.41, 5.74) is 5.85. The Balaban J connectivity index is 1.42. The van der Waals surface area contributed by atoms with E-state index in [9.17, 15) is 4.79 Å². The van der Waals surface area contributed by atoms with Crippen molar-refractivity contribution in [1.29, 1.82) is 0 Å². The molecule has 0 saturated carbocycles. The summed E-state index contributed by atoms with van der Waals surface area (Å²) in [6, 6.07) is 24.4. The first kappa shape index (κ1) is 24.8. The molecule has 6 heteroatoms. The van der Waals surface area contributed by atoms with E-state index in [4.69, 9.17) is 16.6 Å². The first-order valence-corrected chi connectivity index (χ1v) is 13.7. The number of carbonyl (C=O) groups is 1. The second-order valence-corrected chi connectivity index (χ2v) is 10.6. The molecule has 0 aliphatic carbocycles. The third-order valence-corrected chi connectivity index (χ3v) is 7.57. The second-order valence-electron chi connectivity index (χ2n) is 9.27. The van der Waals surface area contributed by atoms with Gasteiger partial charge in [0.1, 0.15) is 0 Å². The topological polar surface area (TPSA) is 36.4 Å². The van der Waals surface area contributed by atoms with Crippen LogP contribution >= 0.6 is 27.5 Å². The molecule has 0 bridgehead atoms. The Bertz CT molecular complexity index is 1360. The Kier molecular flexibility index (Phi) is 7.59. The van der Waals surface area contributed by atoms with Crippen molar-refractivity contribution in [3.05, 3.63) is 93.4 Å². The van der Waals surface area contributed by atoms with Gasteiger partial charge in [-0.3, -0.25) is 4.79 Å². The van der Waals surface area contributed by atoms with Gasteiger partial charge in [0.2, 0.25) is 0 Å². The number of nitrogens with zero attached hydrogens (tertiary/aromatic N) is 3. The maximum Gasteiger partial charge on any atom is 0.254 e. The summed E-state index contributed by atoms with van der Waals surface area (Å²) in [5.74, 6) is 0.0528. The number of halogens is 2. The van der Waals surface area contributed by atoms with E-state index in [2.05, 4.69) is 52.0 Å². The predicted octanol–water partition coefficient (Wildman–Crippen LogP) is 7.62. The van der Waals surface area contributed by atoms with Crippen molar-refractivity contribution in [2.75, 3.05) is 31.1 Å². The van der Waals surface area contributed by atoms with E-state index < -0.39 is 0 Å². The Labute approximate surface area is 226 Å². The molecule has 1 amide bonds. The number of hydrogen-bond donors (Lipinski definition) is 0. The number of piperazine rings is 1. The summed E-state index contributed by atoms with van der Waals surface area (Å²) in [6.45, 7) is 5.11. The molecular formula is C30H29BrClN3O. The van der Waals surface area contributed by atoms with Crippen LogP contribution < -0.4 is 4.90 Å². The molecule has 0 spiro atoms. The van der Waals surface area contributed by atoms with E-state index in [1.54, 1.807) is 0 Å². The van der Waals surface area contributed by atoms with Crippen LogP contribution in [0.5, 0.6) is 0 Å². The molecule has 5 rings (SSSR count). The number of aromatic nitrogens is 1. The average Bonchev–Trinajstić information content (AvgIpc) is 2.92. The fourth-order valence-electron chi connectivity index (χ4n) is 4.74. The Morgan fingerprint density at radius 2 is 1.67 bits per heavy atom. The van der Waals surface area contributed by atoms with Gasteiger partial charge in [0.15, 0.2) is 0 Å². The number of anilines is 1. The smallest absolute Gasteiger partial charge is 0.254 e. The fraction of sp³-hybridized carbons (Fsp3) is 0.267. The SMILES string of the molecule is CCCCc1ccc(-c2cc(C(=O)N3CCN(c4ccc(Cl)cc4)CC3)c3cc(Br)ccc3n2)cc1. The van der Waals surface area contributed by atoms with Crippen LogP contribution in [0, 0.1) is 0 Å². The molecule has 1 aliphatic heterocycles. The van der Waals surface area contributed by atoms with Gasteiger partial charge in [-0.1, -0.05) is 65.1 Å². The number of pyridine rings is 1. The van der Waals surface area contributed by atoms with E-state index in [-0.39, 0.29) is 5.91 Å². The molecule has 0 unspecified atom stereocenters. The van der Waals surface area contributed by atoms with Crippen molar-refractivity contribution in [2.24, 2.45) is 0 Å². The molecule has 4 nitrogen and oxygen atoms in total. The molecular weight excluding hydrogens is 534 g/mol. The monoisotopic (exact) mass is 561 g/mol. The highest BCUT2D eigenvalue weighted by atomic mass is 79.9. The van der Waals surface area contributed by atoms with Crippen molar-refractivity contribution >= 4 is 50.0 Å². The van der Waals surface area contributed by atoms with Crippen molar-refractivity contribution in [3.8, 4) is 11.3 Å². The standard InChI is InChI=1S/C30H29BrClN3O/c1-2-3-4-21-5-7-22(8-6-21)29-20-27(26-19-23(31)9-14-28(26)33-29)30(36)35-17-15-34(16-18-35)25-12-10-24(32)11-13-25/h5-14,19-20H,2-4,15-18H2,1H3. The number of amides is 1. The van der Waals surface area contributed by atoms with E-state index >= 15 is 0 Å². The molecule has 0 N–H and O–H groups in total. The highest BCUT2D eigenvalue weighted by Crippen LogP contribution is 2.29. The predicted molar refractivity (Wildman–Crippen MR) is 153 cm³/mol. The lowest BCUT2D eigenvalue weighted by Gasteiger charge is -2.36. The molecule has 3 aromatic carbocycles. The van der Waals surface area contributed by atoms with Crippen LogP contribution in [-0.4, -0.2) is 42.0 Å². The summed E-state index contributed by atoms with van der Waals surface area (Å²) in [4.78, 5) is 23.0. The van der Waals surface area contributed by atoms with Crippen LogP contribution in [-0.2, 0) is 6.42 Å². The summed E-state index contributed by atoms with van der Waals surface area (Å²) in [5, 5.41) is 1.60. The van der Waals surface area contributed by atoms with E-state index in [1.165, 1.54) is 18.4 Å². The molecule has 2 heterocycles. The van der Waals surface area contributed by atoms with Crippen molar-refractivity contribution < 1.29 is 4.79 Å². The van der Waals surface area contributed by atoms with Crippen LogP contribution in [0.2, 0.25) is 5.02 Å². The quantitative estimate of drug-likeness (QED) is 0.242. The maximum atomic E-state index is 13.8. The molecule has 184 valence electrons. The van der Waals surface area contributed by atoms with E-state index in [1.807, 2.05) is 53.4 Å². The third-order valence-electron chi connectivity index (χ3n) is 6.83. The minimum atomic E-state index is 0.0528. The van der Waals surface area contributed by atoms with E-state index in [0.717, 1.165) is 56.9 Å². The van der Waals surface area contributed by atoms with Gasteiger partial charge in [0, 0.05) is 52.3 Å². The molecule has 0 atom stereocenters. The van der Waals surface area contributed by atoms with Crippen LogP contribution in [0.25, 0.3) is 22.2 Å². The maximum absolute atomic E-state index is 13.8. The highest BCUT2D eigenvalue weighted by molar-refractivity contribution is 9.10. The lowest BCUT2D eigenvalue weighted by molar-refractivity contribution is 0.0748. The zero-order valence-electron chi connectivity index (χ0n) is 20.4. The van der Waals surface area contributed by atoms with Gasteiger partial charge in [-0.05, 0) is 66.9 Å². The van der Waals surface area contributed by atoms with Crippen LogP contribution in [0.15, 0.2) is 77.3 Å². The molecule has 4 aromatic rings. The number of fused-ring (bicyclic) bond motifs is 1. The van der Waals surface area contributed by atoms with Gasteiger partial charge < -0.3 is 9.80 Å². The first-order chi connectivity index (χ1) is 17.5. The van der Waals surface area contributed by atoms with Gasteiger partial charge in [0.05, 0.1) is 16.8 Å². The largest absolute Gasteiger partial charge is 0.368 e. The van der Waals surface area contributed by atoms with Crippen LogP contribution in [0.4, 0.5) is 5.69 Å². The zero-order valence-corrected chi connectivity index (χ0v) is 22.7. The number of benzene rings is 3. The molecule has 1 aliphatic rings. The highest BCUT2D eigenvalue weighted by Gasteiger charge is 2.25. The number of hydrogen-bond acceptors (Lipinski definition) is 3. The van der Waals surface area contributed by atoms with Gasteiger partial charge in [0.25, 0.3) is 5.91 Å². The first-order valence-electron chi connectivity index (χ1n) is 12.5. The molecule has 1 fully saturated rings. The zero-order chi connectivity index (χ0) is 25.1. The van der Waals surface area contributed by atoms with Crippen molar-refractivity contribution in [2.45, 2.75) is 26.2 Å². The number of aryl methyl sites for hydroxylation is 1. The fourth-order valence-corrected chi connectivity index (χ4v) is 5.22. The van der Waals surface area contributed by atoms with Gasteiger partial charge in [-0.25, -0.2) is 4.98 Å². The summed E-state index contributed by atoms with van der Waals surface area (Å²) in [7, 11) is 0. The number of unbranched alkanes of at least 4 members (excludes halogenated alkanes) is 1. The number of rotatable bonds is 6. The average molecular weight is 563 g/mol. The lowest BCUT2D eigenvalue weighted by atomic mass is 10.0. The summed E-state index contributed by atoms with van der Waals surface area (Å²) < 4.78 is 0.937. The Morgan fingerprint density at radius 1 is 0.944 bits per heavy atom. The van der Waals surface area contributed by atoms with Crippen molar-refractivity contribution in [3.63, 3.8) is 0 Å². The summed E-state index contributed by atoms with van der Waals surface area (Å²) in [6.07, 6.45) is 3.46. The van der Waals surface area contributed by atoms with Gasteiger partial charge >= 0.3 is 0 Å². The lowest BCUT2D eigenvalue weighted by Crippen LogP contribution is -2.48. The molecule has 1 saturated heterocycles. The third kappa shape index (κ3) is 5.42. The molecule has 1 aromatic heterocycles. The van der Waals surface area contributed by atoms with Crippen LogP contribution in [0.1, 0.15) is 35.7 Å². The normalized spacial score (nSPS) is 13.9. The summed E-state index contributed by atoms with van der Waals surface area (Å²) >= 11 is 9.62. The van der Waals surface area contributed by atoms with Crippen LogP contribution in [0.3, 0.4) is 0 Å². The van der Waals surface area contributed by atoms with Crippen molar-refractivity contribution in [1.82, 2.24) is 9.88 Å². The van der Waals surface area contributed by atoms with Gasteiger partial charge in [-0.2, -0.15) is 0 Å². The minimum Gasteiger partial charge on any atom is -0.368 e. The number of carbonyl (C=O) groups excluding carboxylic acids is 1. The second kappa shape index (κ2) is 11.0. The Morgan fingerprint density at radius 3 is 2.36 bits per heavy atom. The minimum absolute atomic E-state index is 0.0528. The van der Waals surface area contributed by atoms with E-state index in [0.29, 0.717) is 18.7 Å². The Hall–Kier alpha value is -2.89. The molecule has 0 radical (unpaired) electrons. The molecule has 36 heavy (non-hydrogen) atoms.